The summed E-state index contributed by atoms with van der Waals surface area (Å²) in [5, 5.41) is 11.1. The summed E-state index contributed by atoms with van der Waals surface area (Å²) in [6, 6.07) is 20.5. The summed E-state index contributed by atoms with van der Waals surface area (Å²) in [5.41, 5.74) is 11.2. The van der Waals surface area contributed by atoms with Gasteiger partial charge >= 0.3 is 5.97 Å². The highest BCUT2D eigenvalue weighted by Gasteiger charge is 2.20. The zero-order valence-electron chi connectivity index (χ0n) is 22.5. The third-order valence-corrected chi connectivity index (χ3v) is 6.61. The number of nitrogens with one attached hydrogen (secondary N) is 2. The number of hydrogen-bond acceptors (Lipinski definition) is 6. The van der Waals surface area contributed by atoms with Crippen LogP contribution >= 0.6 is 0 Å². The molecule has 0 aliphatic carbocycles. The summed E-state index contributed by atoms with van der Waals surface area (Å²) in [6.07, 6.45) is 0.898. The van der Waals surface area contributed by atoms with E-state index in [2.05, 4.69) is 12.2 Å². The predicted molar refractivity (Wildman–Crippen MR) is 154 cm³/mol. The molecule has 1 aromatic heterocycles. The van der Waals surface area contributed by atoms with E-state index >= 15 is 0 Å². The number of carbonyl (C=O) groups excluding carboxylic acids is 2. The number of rotatable bonds is 11. The fraction of sp³-hybridized carbons (Fsp3) is 0.267. The van der Waals surface area contributed by atoms with Gasteiger partial charge in [-0.2, -0.15) is 0 Å². The minimum absolute atomic E-state index is 0.0451. The topological polar surface area (TPSA) is 126 Å². The van der Waals surface area contributed by atoms with Gasteiger partial charge in [0.15, 0.2) is 0 Å². The van der Waals surface area contributed by atoms with Crippen molar-refractivity contribution >= 4 is 40.1 Å². The number of fused-ring (bicyclic) bond motifs is 1. The average molecular weight is 527 g/mol. The number of carbonyl (C=O) groups is 2. The molecule has 9 nitrogen and oxygen atoms in total. The smallest absolute Gasteiger partial charge is 0.307 e. The normalized spacial score (nSPS) is 10.8. The van der Waals surface area contributed by atoms with Gasteiger partial charge in [0, 0.05) is 36.1 Å². The molecule has 0 unspecified atom stereocenters. The van der Waals surface area contributed by atoms with E-state index in [4.69, 9.17) is 20.9 Å². The molecule has 0 saturated heterocycles. The first-order valence-electron chi connectivity index (χ1n) is 13.0. The quantitative estimate of drug-likeness (QED) is 0.149. The van der Waals surface area contributed by atoms with Crippen molar-refractivity contribution in [3.05, 3.63) is 89.2 Å². The Balaban J connectivity index is 1.57. The Morgan fingerprint density at radius 3 is 2.49 bits per heavy atom. The fourth-order valence-corrected chi connectivity index (χ4v) is 4.49. The molecule has 0 fully saturated rings. The highest BCUT2D eigenvalue weighted by Crippen LogP contribution is 2.23. The zero-order chi connectivity index (χ0) is 27.9. The molecule has 4 N–H and O–H groups in total. The van der Waals surface area contributed by atoms with Crippen LogP contribution in [0, 0.1) is 5.41 Å². The molecule has 9 heteroatoms. The van der Waals surface area contributed by atoms with Gasteiger partial charge in [-0.15, -0.1) is 0 Å². The van der Waals surface area contributed by atoms with E-state index in [9.17, 15) is 9.59 Å². The Kier molecular flexibility index (Phi) is 8.60. The highest BCUT2D eigenvalue weighted by molar-refractivity contribution is 6.07. The van der Waals surface area contributed by atoms with Crippen LogP contribution in [0.15, 0.2) is 66.7 Å². The fourth-order valence-electron chi connectivity index (χ4n) is 4.49. The van der Waals surface area contributed by atoms with Crippen LogP contribution in [-0.4, -0.2) is 40.4 Å². The van der Waals surface area contributed by atoms with Crippen LogP contribution in [0.2, 0.25) is 0 Å². The van der Waals surface area contributed by atoms with Gasteiger partial charge in [-0.25, -0.2) is 4.98 Å². The Bertz CT molecular complexity index is 1500. The van der Waals surface area contributed by atoms with Crippen molar-refractivity contribution in [3.63, 3.8) is 0 Å². The lowest BCUT2D eigenvalue weighted by atomic mass is 10.1. The van der Waals surface area contributed by atoms with E-state index < -0.39 is 0 Å². The van der Waals surface area contributed by atoms with Crippen molar-refractivity contribution in [2.45, 2.75) is 33.2 Å². The number of imidazole rings is 1. The van der Waals surface area contributed by atoms with Gasteiger partial charge in [0.05, 0.1) is 30.6 Å². The summed E-state index contributed by atoms with van der Waals surface area (Å²) < 4.78 is 7.06. The number of esters is 1. The van der Waals surface area contributed by atoms with Crippen LogP contribution in [0.5, 0.6) is 0 Å². The Hall–Kier alpha value is -4.66. The van der Waals surface area contributed by atoms with Gasteiger partial charge in [0.25, 0.3) is 5.91 Å². The molecule has 39 heavy (non-hydrogen) atoms. The second-order valence-corrected chi connectivity index (χ2v) is 9.13. The second kappa shape index (κ2) is 12.3. The van der Waals surface area contributed by atoms with Crippen LogP contribution in [0.1, 0.15) is 47.6 Å². The molecule has 0 bridgehead atoms. The summed E-state index contributed by atoms with van der Waals surface area (Å²) >= 11 is 0. The monoisotopic (exact) mass is 526 g/mol. The molecule has 4 aromatic rings. The maximum Gasteiger partial charge on any atom is 0.307 e. The molecule has 0 saturated carbocycles. The van der Waals surface area contributed by atoms with E-state index in [0.717, 1.165) is 29.0 Å². The maximum absolute atomic E-state index is 13.6. The molecule has 0 radical (unpaired) electrons. The number of hydrogen-bond donors (Lipinski definition) is 3. The molecular formula is C30H34N6O3. The van der Waals surface area contributed by atoms with Gasteiger partial charge in [0.2, 0.25) is 0 Å². The lowest BCUT2D eigenvalue weighted by molar-refractivity contribution is -0.142. The number of nitrogen functional groups attached to an aromatic ring is 1. The lowest BCUT2D eigenvalue weighted by Crippen LogP contribution is -2.33. The average Bonchev–Trinajstić information content (AvgIpc) is 3.26. The molecule has 0 spiro atoms. The number of aryl methyl sites for hydroxylation is 2. The number of ether oxygens (including phenoxy) is 1. The van der Waals surface area contributed by atoms with E-state index in [-0.39, 0.29) is 30.7 Å². The number of anilines is 2. The molecular weight excluding hydrogens is 492 g/mol. The Morgan fingerprint density at radius 2 is 1.79 bits per heavy atom. The Labute approximate surface area is 228 Å². The maximum atomic E-state index is 13.6. The summed E-state index contributed by atoms with van der Waals surface area (Å²) in [7, 11) is 1.95. The third-order valence-electron chi connectivity index (χ3n) is 6.61. The Morgan fingerprint density at radius 1 is 1.05 bits per heavy atom. The van der Waals surface area contributed by atoms with Crippen LogP contribution in [0.3, 0.4) is 0 Å². The first kappa shape index (κ1) is 27.4. The van der Waals surface area contributed by atoms with Crippen LogP contribution in [0.25, 0.3) is 11.0 Å². The number of nitrogens with zero attached hydrogens (tertiary/aromatic N) is 3. The van der Waals surface area contributed by atoms with Crippen molar-refractivity contribution in [1.82, 2.24) is 9.55 Å². The van der Waals surface area contributed by atoms with E-state index in [1.165, 1.54) is 0 Å². The van der Waals surface area contributed by atoms with Crippen molar-refractivity contribution in [1.29, 1.82) is 5.41 Å². The minimum Gasteiger partial charge on any atom is -0.466 e. The molecule has 4 rings (SSSR count). The number of aromatic nitrogens is 2. The molecule has 202 valence electrons. The van der Waals surface area contributed by atoms with E-state index in [1.807, 2.05) is 66.2 Å². The summed E-state index contributed by atoms with van der Waals surface area (Å²) in [6.45, 7) is 4.81. The lowest BCUT2D eigenvalue weighted by Gasteiger charge is -2.22. The van der Waals surface area contributed by atoms with Crippen LogP contribution in [0.4, 0.5) is 11.4 Å². The first-order valence-corrected chi connectivity index (χ1v) is 13.0. The van der Waals surface area contributed by atoms with Crippen molar-refractivity contribution in [3.8, 4) is 0 Å². The van der Waals surface area contributed by atoms with E-state index in [1.54, 1.807) is 24.0 Å². The van der Waals surface area contributed by atoms with Crippen molar-refractivity contribution in [2.24, 2.45) is 12.8 Å². The van der Waals surface area contributed by atoms with Gasteiger partial charge in [-0.05, 0) is 67.4 Å². The zero-order valence-corrected chi connectivity index (χ0v) is 22.5. The number of para-hydroxylation sites is 1. The van der Waals surface area contributed by atoms with Crippen molar-refractivity contribution < 1.29 is 14.3 Å². The SMILES string of the molecule is CCOC(=O)CCN(C(=O)c1ccc2c(c1)nc(CNc1ccc(C(=N)N)cc1CC)n2C)c1ccccc1. The molecule has 3 aromatic carbocycles. The molecule has 0 aliphatic rings. The van der Waals surface area contributed by atoms with E-state index in [0.29, 0.717) is 35.5 Å². The first-order chi connectivity index (χ1) is 18.8. The van der Waals surface area contributed by atoms with Crippen LogP contribution < -0.4 is 16.0 Å². The minimum atomic E-state index is -0.342. The largest absolute Gasteiger partial charge is 0.466 e. The van der Waals surface area contributed by atoms with Crippen LogP contribution in [-0.2, 0) is 29.5 Å². The summed E-state index contributed by atoms with van der Waals surface area (Å²) in [5.74, 6) is 0.305. The molecule has 0 aliphatic heterocycles. The molecule has 1 heterocycles. The third kappa shape index (κ3) is 6.26. The highest BCUT2D eigenvalue weighted by atomic mass is 16.5. The van der Waals surface area contributed by atoms with Gasteiger partial charge < -0.3 is 25.3 Å². The molecule has 1 amide bonds. The van der Waals surface area contributed by atoms with Gasteiger partial charge in [-0.1, -0.05) is 25.1 Å². The van der Waals surface area contributed by atoms with Gasteiger partial charge in [-0.3, -0.25) is 15.0 Å². The summed E-state index contributed by atoms with van der Waals surface area (Å²) in [4.78, 5) is 32.0. The second-order valence-electron chi connectivity index (χ2n) is 9.13. The van der Waals surface area contributed by atoms with Gasteiger partial charge in [0.1, 0.15) is 11.7 Å². The number of benzene rings is 3. The number of nitrogens with two attached hydrogens (primary N) is 1. The number of amides is 1. The predicted octanol–water partition coefficient (Wildman–Crippen LogP) is 4.63. The standard InChI is InChI=1S/C30H34N6O3/c1-4-20-17-21(29(31)32)11-13-24(20)33-19-27-34-25-18-22(12-14-26(25)35(27)3)30(38)36(16-15-28(37)39-5-2)23-9-7-6-8-10-23/h6-14,17-18,33H,4-5,15-16,19H2,1-3H3,(H3,31,32). The van der Waals surface area contributed by atoms with Crippen molar-refractivity contribution in [2.75, 3.05) is 23.4 Å². The molecule has 0 atom stereocenters. The number of amidine groups is 1.